The SMILES string of the molecule is Cc1cccc(CN(C=N)COCC[Si](C)(C)C)n1. The van der Waals surface area contributed by atoms with Gasteiger partial charge >= 0.3 is 0 Å². The predicted molar refractivity (Wildman–Crippen MR) is 82.3 cm³/mol. The summed E-state index contributed by atoms with van der Waals surface area (Å²) in [5.74, 6) is 0. The minimum Gasteiger partial charge on any atom is -0.361 e. The van der Waals surface area contributed by atoms with Gasteiger partial charge in [0.2, 0.25) is 0 Å². The van der Waals surface area contributed by atoms with Gasteiger partial charge < -0.3 is 9.64 Å². The van der Waals surface area contributed by atoms with Crippen LogP contribution in [0.5, 0.6) is 0 Å². The van der Waals surface area contributed by atoms with Crippen molar-refractivity contribution in [3.8, 4) is 0 Å². The molecule has 1 rings (SSSR count). The second-order valence-corrected chi connectivity index (χ2v) is 11.6. The molecule has 0 saturated heterocycles. The van der Waals surface area contributed by atoms with E-state index < -0.39 is 8.07 Å². The molecule has 0 aliphatic heterocycles. The van der Waals surface area contributed by atoms with Crippen molar-refractivity contribution in [2.24, 2.45) is 0 Å². The van der Waals surface area contributed by atoms with Gasteiger partial charge in [-0.2, -0.15) is 0 Å². The maximum Gasteiger partial charge on any atom is 0.119 e. The fourth-order valence-electron chi connectivity index (χ4n) is 1.58. The molecule has 0 fully saturated rings. The molecule has 0 aliphatic carbocycles. The number of rotatable bonds is 8. The first-order chi connectivity index (χ1) is 8.90. The largest absolute Gasteiger partial charge is 0.361 e. The highest BCUT2D eigenvalue weighted by Crippen LogP contribution is 2.08. The van der Waals surface area contributed by atoms with Crippen LogP contribution in [0.4, 0.5) is 0 Å². The topological polar surface area (TPSA) is 49.2 Å². The van der Waals surface area contributed by atoms with Crippen LogP contribution in [0.1, 0.15) is 11.4 Å². The number of hydrogen-bond acceptors (Lipinski definition) is 3. The lowest BCUT2D eigenvalue weighted by atomic mass is 10.3. The molecule has 0 saturated carbocycles. The van der Waals surface area contributed by atoms with Crippen LogP contribution in [0.15, 0.2) is 18.2 Å². The Morgan fingerprint density at radius 3 is 2.68 bits per heavy atom. The molecule has 0 atom stereocenters. The van der Waals surface area contributed by atoms with Crippen LogP contribution < -0.4 is 0 Å². The van der Waals surface area contributed by atoms with Gasteiger partial charge in [0, 0.05) is 20.4 Å². The van der Waals surface area contributed by atoms with Crippen molar-refractivity contribution in [1.29, 1.82) is 5.41 Å². The molecule has 1 N–H and O–H groups in total. The Balaban J connectivity index is 2.36. The zero-order valence-electron chi connectivity index (χ0n) is 12.4. The van der Waals surface area contributed by atoms with Crippen molar-refractivity contribution in [2.75, 3.05) is 13.3 Å². The van der Waals surface area contributed by atoms with E-state index in [-0.39, 0.29) is 0 Å². The molecule has 4 nitrogen and oxygen atoms in total. The number of hydrogen-bond donors (Lipinski definition) is 1. The molecule has 0 spiro atoms. The molecule has 19 heavy (non-hydrogen) atoms. The number of nitrogens with one attached hydrogen (secondary N) is 1. The minimum atomic E-state index is -1.03. The Hall–Kier alpha value is -1.20. The summed E-state index contributed by atoms with van der Waals surface area (Å²) >= 11 is 0. The average Bonchev–Trinajstić information content (AvgIpc) is 2.32. The Kier molecular flexibility index (Phi) is 6.18. The van der Waals surface area contributed by atoms with Crippen LogP contribution in [0, 0.1) is 12.3 Å². The second kappa shape index (κ2) is 7.40. The van der Waals surface area contributed by atoms with Gasteiger partial charge in [-0.1, -0.05) is 25.7 Å². The van der Waals surface area contributed by atoms with Crippen LogP contribution >= 0.6 is 0 Å². The normalized spacial score (nSPS) is 11.4. The van der Waals surface area contributed by atoms with Crippen LogP contribution in [-0.4, -0.2) is 37.6 Å². The maximum absolute atomic E-state index is 7.42. The van der Waals surface area contributed by atoms with Gasteiger partial charge in [-0.15, -0.1) is 0 Å². The van der Waals surface area contributed by atoms with E-state index in [4.69, 9.17) is 10.1 Å². The highest BCUT2D eigenvalue weighted by molar-refractivity contribution is 6.76. The van der Waals surface area contributed by atoms with E-state index in [2.05, 4.69) is 24.6 Å². The van der Waals surface area contributed by atoms with E-state index in [9.17, 15) is 0 Å². The Bertz CT molecular complexity index is 404. The van der Waals surface area contributed by atoms with Crippen molar-refractivity contribution < 1.29 is 4.74 Å². The number of pyridine rings is 1. The molecule has 106 valence electrons. The summed E-state index contributed by atoms with van der Waals surface area (Å²) in [5, 5.41) is 7.42. The van der Waals surface area contributed by atoms with Gasteiger partial charge in [-0.25, -0.2) is 0 Å². The number of aryl methyl sites for hydroxylation is 1. The van der Waals surface area contributed by atoms with Crippen molar-refractivity contribution in [1.82, 2.24) is 9.88 Å². The third-order valence-corrected chi connectivity index (χ3v) is 4.45. The smallest absolute Gasteiger partial charge is 0.119 e. The summed E-state index contributed by atoms with van der Waals surface area (Å²) in [5.41, 5.74) is 1.97. The zero-order chi connectivity index (χ0) is 14.3. The summed E-state index contributed by atoms with van der Waals surface area (Å²) in [6.07, 6.45) is 1.32. The molecule has 0 aromatic carbocycles. The minimum absolute atomic E-state index is 0.462. The first-order valence-corrected chi connectivity index (χ1v) is 10.4. The average molecular weight is 279 g/mol. The van der Waals surface area contributed by atoms with Gasteiger partial charge in [0.05, 0.1) is 18.6 Å². The molecule has 0 aliphatic rings. The van der Waals surface area contributed by atoms with E-state index in [0.29, 0.717) is 13.3 Å². The van der Waals surface area contributed by atoms with E-state index in [1.807, 2.05) is 30.0 Å². The number of nitrogens with zero attached hydrogens (tertiary/aromatic N) is 2. The van der Waals surface area contributed by atoms with Gasteiger partial charge in [0.1, 0.15) is 6.73 Å². The molecule has 1 aromatic heterocycles. The van der Waals surface area contributed by atoms with E-state index in [1.165, 1.54) is 6.34 Å². The first kappa shape index (κ1) is 15.9. The lowest BCUT2D eigenvalue weighted by Gasteiger charge is -2.20. The monoisotopic (exact) mass is 279 g/mol. The van der Waals surface area contributed by atoms with Gasteiger partial charge in [-0.3, -0.25) is 10.4 Å². The second-order valence-electron chi connectivity index (χ2n) is 5.99. The van der Waals surface area contributed by atoms with Crippen molar-refractivity contribution >= 4 is 14.4 Å². The summed E-state index contributed by atoms with van der Waals surface area (Å²) in [6, 6.07) is 7.10. The van der Waals surface area contributed by atoms with E-state index >= 15 is 0 Å². The highest BCUT2D eigenvalue weighted by atomic mass is 28.3. The van der Waals surface area contributed by atoms with Crippen LogP contribution in [0.2, 0.25) is 25.7 Å². The molecule has 0 amide bonds. The van der Waals surface area contributed by atoms with Crippen LogP contribution in [-0.2, 0) is 11.3 Å². The third-order valence-electron chi connectivity index (χ3n) is 2.75. The van der Waals surface area contributed by atoms with Crippen LogP contribution in [0.25, 0.3) is 0 Å². The summed E-state index contributed by atoms with van der Waals surface area (Å²) in [6.45, 7) is 10.8. The van der Waals surface area contributed by atoms with E-state index in [0.717, 1.165) is 24.0 Å². The van der Waals surface area contributed by atoms with Crippen molar-refractivity contribution in [2.45, 2.75) is 39.2 Å². The zero-order valence-corrected chi connectivity index (χ0v) is 13.4. The lowest BCUT2D eigenvalue weighted by Crippen LogP contribution is -2.27. The molecule has 0 radical (unpaired) electrons. The number of ether oxygens (including phenoxy) is 1. The van der Waals surface area contributed by atoms with Gasteiger partial charge in [-0.05, 0) is 25.1 Å². The fraction of sp³-hybridized carbons (Fsp3) is 0.571. The van der Waals surface area contributed by atoms with Crippen molar-refractivity contribution in [3.63, 3.8) is 0 Å². The first-order valence-electron chi connectivity index (χ1n) is 6.66. The maximum atomic E-state index is 7.42. The molecular formula is C14H25N3OSi. The molecule has 5 heteroatoms. The molecular weight excluding hydrogens is 254 g/mol. The quantitative estimate of drug-likeness (QED) is 0.261. The fourth-order valence-corrected chi connectivity index (χ4v) is 2.34. The Morgan fingerprint density at radius 2 is 2.11 bits per heavy atom. The molecule has 0 bridgehead atoms. The predicted octanol–water partition coefficient (Wildman–Crippen LogP) is 3.11. The van der Waals surface area contributed by atoms with Gasteiger partial charge in [0.15, 0.2) is 0 Å². The van der Waals surface area contributed by atoms with E-state index in [1.54, 1.807) is 0 Å². The Labute approximate surface area is 117 Å². The van der Waals surface area contributed by atoms with Crippen molar-refractivity contribution in [3.05, 3.63) is 29.6 Å². The summed E-state index contributed by atoms with van der Waals surface area (Å²) in [7, 11) is -1.03. The summed E-state index contributed by atoms with van der Waals surface area (Å²) < 4.78 is 5.65. The molecule has 0 unspecified atom stereocenters. The number of aromatic nitrogens is 1. The molecule has 1 aromatic rings. The van der Waals surface area contributed by atoms with Gasteiger partial charge in [0.25, 0.3) is 0 Å². The Morgan fingerprint density at radius 1 is 1.37 bits per heavy atom. The summed E-state index contributed by atoms with van der Waals surface area (Å²) in [4.78, 5) is 6.26. The highest BCUT2D eigenvalue weighted by Gasteiger charge is 2.12. The lowest BCUT2D eigenvalue weighted by molar-refractivity contribution is 0.0718. The van der Waals surface area contributed by atoms with Crippen LogP contribution in [0.3, 0.4) is 0 Å². The molecule has 1 heterocycles. The standard InChI is InChI=1S/C14H25N3OSi/c1-13-6-5-7-14(16-13)10-17(11-15)12-18-8-9-19(2,3)4/h5-7,11,15H,8-10,12H2,1-4H3. The third kappa shape index (κ3) is 7.08.